The Labute approximate surface area is 145 Å². The number of amides is 3. The molecule has 1 aromatic carbocycles. The van der Waals surface area contributed by atoms with Crippen LogP contribution in [-0.4, -0.2) is 38.5 Å². The minimum Gasteiger partial charge on any atom is -0.338 e. The molecule has 0 aliphatic heterocycles. The van der Waals surface area contributed by atoms with Gasteiger partial charge in [-0.15, -0.1) is 10.2 Å². The van der Waals surface area contributed by atoms with Crippen molar-refractivity contribution in [3.05, 3.63) is 41.7 Å². The van der Waals surface area contributed by atoms with Gasteiger partial charge >= 0.3 is 6.03 Å². The highest BCUT2D eigenvalue weighted by molar-refractivity contribution is 8.00. The van der Waals surface area contributed by atoms with E-state index in [2.05, 4.69) is 20.8 Å². The number of aromatic nitrogens is 3. The molecule has 1 aromatic heterocycles. The molecule has 3 amide bonds. The van der Waals surface area contributed by atoms with Gasteiger partial charge in [-0.2, -0.15) is 0 Å². The van der Waals surface area contributed by atoms with Crippen molar-refractivity contribution in [3.8, 4) is 0 Å². The number of imide groups is 1. The normalized spacial score (nSPS) is 11.8. The largest absolute Gasteiger partial charge is 0.338 e. The van der Waals surface area contributed by atoms with E-state index in [9.17, 15) is 9.59 Å². The Morgan fingerprint density at radius 2 is 1.96 bits per heavy atom. The third-order valence-electron chi connectivity index (χ3n) is 3.31. The van der Waals surface area contributed by atoms with Gasteiger partial charge in [-0.1, -0.05) is 42.1 Å². The molecule has 2 rings (SSSR count). The fraction of sp³-hybridized carbons (Fsp3) is 0.375. The van der Waals surface area contributed by atoms with Crippen LogP contribution in [0.3, 0.4) is 0 Å². The number of carbonyl (C=O) groups excluding carboxylic acids is 2. The minimum absolute atomic E-state index is 0.363. The summed E-state index contributed by atoms with van der Waals surface area (Å²) in [6.45, 7) is 6.49. The van der Waals surface area contributed by atoms with E-state index in [-0.39, 0.29) is 5.91 Å². The Bertz CT molecular complexity index is 702. The lowest BCUT2D eigenvalue weighted by Gasteiger charge is -2.13. The number of carbonyl (C=O) groups is 2. The number of rotatable bonds is 6. The van der Waals surface area contributed by atoms with Crippen LogP contribution in [0.15, 0.2) is 35.5 Å². The molecule has 0 spiro atoms. The van der Waals surface area contributed by atoms with E-state index < -0.39 is 11.3 Å². The van der Waals surface area contributed by atoms with E-state index in [0.29, 0.717) is 18.2 Å². The lowest BCUT2D eigenvalue weighted by molar-refractivity contribution is -0.119. The molecule has 7 nitrogen and oxygen atoms in total. The first-order valence-electron chi connectivity index (χ1n) is 7.70. The van der Waals surface area contributed by atoms with Crippen molar-refractivity contribution in [1.82, 2.24) is 25.4 Å². The van der Waals surface area contributed by atoms with Crippen LogP contribution in [0.5, 0.6) is 0 Å². The fourth-order valence-corrected chi connectivity index (χ4v) is 2.92. The third kappa shape index (κ3) is 4.82. The summed E-state index contributed by atoms with van der Waals surface area (Å²) in [4.78, 5) is 23.5. The molecular weight excluding hydrogens is 326 g/mol. The number of nitrogens with one attached hydrogen (secondary N) is 2. The SMILES string of the molecule is CCNC(=O)NC(=O)C(C)Sc1nnc(C)n1Cc1ccccc1. The zero-order valence-electron chi connectivity index (χ0n) is 13.9. The van der Waals surface area contributed by atoms with Gasteiger partial charge in [0, 0.05) is 6.54 Å². The fourth-order valence-electron chi connectivity index (χ4n) is 2.03. The molecule has 0 aliphatic rings. The van der Waals surface area contributed by atoms with Crippen LogP contribution >= 0.6 is 11.8 Å². The van der Waals surface area contributed by atoms with E-state index in [4.69, 9.17) is 0 Å². The smallest absolute Gasteiger partial charge is 0.321 e. The second-order valence-electron chi connectivity index (χ2n) is 5.21. The highest BCUT2D eigenvalue weighted by atomic mass is 32.2. The molecule has 2 aromatic rings. The van der Waals surface area contributed by atoms with Crippen molar-refractivity contribution < 1.29 is 9.59 Å². The van der Waals surface area contributed by atoms with E-state index in [1.54, 1.807) is 13.8 Å². The van der Waals surface area contributed by atoms with E-state index in [1.165, 1.54) is 11.8 Å². The maximum atomic E-state index is 12.1. The molecule has 0 fully saturated rings. The van der Waals surface area contributed by atoms with Gasteiger partial charge in [0.05, 0.1) is 11.8 Å². The Morgan fingerprint density at radius 3 is 2.62 bits per heavy atom. The summed E-state index contributed by atoms with van der Waals surface area (Å²) in [6, 6.07) is 9.48. The lowest BCUT2D eigenvalue weighted by Crippen LogP contribution is -2.42. The van der Waals surface area contributed by atoms with Gasteiger partial charge in [0.25, 0.3) is 0 Å². The average Bonchev–Trinajstić information content (AvgIpc) is 2.89. The molecule has 1 heterocycles. The number of thioether (sulfide) groups is 1. The predicted octanol–water partition coefficient (Wildman–Crippen LogP) is 1.96. The molecule has 0 saturated heterocycles. The summed E-state index contributed by atoms with van der Waals surface area (Å²) < 4.78 is 1.95. The van der Waals surface area contributed by atoms with Gasteiger partial charge in [0.1, 0.15) is 5.82 Å². The molecule has 0 bridgehead atoms. The van der Waals surface area contributed by atoms with Crippen molar-refractivity contribution in [2.45, 2.75) is 37.7 Å². The average molecular weight is 347 g/mol. The third-order valence-corrected chi connectivity index (χ3v) is 4.39. The van der Waals surface area contributed by atoms with Gasteiger partial charge in [-0.05, 0) is 26.3 Å². The summed E-state index contributed by atoms with van der Waals surface area (Å²) in [5.74, 6) is 0.413. The molecule has 0 aliphatic carbocycles. The van der Waals surface area contributed by atoms with Crippen LogP contribution in [0.2, 0.25) is 0 Å². The molecule has 128 valence electrons. The second-order valence-corrected chi connectivity index (χ2v) is 6.52. The maximum absolute atomic E-state index is 12.1. The summed E-state index contributed by atoms with van der Waals surface area (Å²) in [7, 11) is 0. The van der Waals surface area contributed by atoms with Crippen molar-refractivity contribution in [2.24, 2.45) is 0 Å². The Morgan fingerprint density at radius 1 is 1.25 bits per heavy atom. The van der Waals surface area contributed by atoms with Crippen LogP contribution in [0.4, 0.5) is 4.79 Å². The summed E-state index contributed by atoms with van der Waals surface area (Å²) in [6.07, 6.45) is 0. The Balaban J connectivity index is 2.04. The van der Waals surface area contributed by atoms with Gasteiger partial charge in [0.15, 0.2) is 5.16 Å². The number of benzene rings is 1. The summed E-state index contributed by atoms with van der Waals surface area (Å²) in [5, 5.41) is 13.3. The number of nitrogens with zero attached hydrogens (tertiary/aromatic N) is 3. The van der Waals surface area contributed by atoms with Crippen molar-refractivity contribution in [2.75, 3.05) is 6.54 Å². The quantitative estimate of drug-likeness (QED) is 0.780. The predicted molar refractivity (Wildman–Crippen MR) is 92.8 cm³/mol. The van der Waals surface area contributed by atoms with E-state index in [1.807, 2.05) is 41.8 Å². The first-order valence-corrected chi connectivity index (χ1v) is 8.58. The highest BCUT2D eigenvalue weighted by Crippen LogP contribution is 2.23. The summed E-state index contributed by atoms with van der Waals surface area (Å²) >= 11 is 1.28. The van der Waals surface area contributed by atoms with E-state index >= 15 is 0 Å². The Hall–Kier alpha value is -2.35. The zero-order valence-corrected chi connectivity index (χ0v) is 14.8. The highest BCUT2D eigenvalue weighted by Gasteiger charge is 2.20. The Kier molecular flexibility index (Phi) is 6.36. The topological polar surface area (TPSA) is 88.9 Å². The first-order chi connectivity index (χ1) is 11.5. The molecule has 0 saturated carbocycles. The van der Waals surface area contributed by atoms with Crippen LogP contribution in [0.25, 0.3) is 0 Å². The zero-order chi connectivity index (χ0) is 17.5. The molecular formula is C16H21N5O2S. The van der Waals surface area contributed by atoms with Crippen molar-refractivity contribution >= 4 is 23.7 Å². The van der Waals surface area contributed by atoms with Gasteiger partial charge in [-0.25, -0.2) is 4.79 Å². The van der Waals surface area contributed by atoms with Crippen LogP contribution in [0.1, 0.15) is 25.2 Å². The first kappa shape index (κ1) is 18.0. The van der Waals surface area contributed by atoms with Gasteiger partial charge < -0.3 is 9.88 Å². The van der Waals surface area contributed by atoms with Crippen molar-refractivity contribution in [1.29, 1.82) is 0 Å². The number of aryl methyl sites for hydroxylation is 1. The van der Waals surface area contributed by atoms with Crippen LogP contribution in [-0.2, 0) is 11.3 Å². The maximum Gasteiger partial charge on any atom is 0.321 e. The number of urea groups is 1. The van der Waals surface area contributed by atoms with Crippen LogP contribution < -0.4 is 10.6 Å². The molecule has 2 N–H and O–H groups in total. The minimum atomic E-state index is -0.489. The number of hydrogen-bond acceptors (Lipinski definition) is 5. The van der Waals surface area contributed by atoms with E-state index in [0.717, 1.165) is 11.4 Å². The van der Waals surface area contributed by atoms with Gasteiger partial charge in [0.2, 0.25) is 5.91 Å². The molecule has 8 heteroatoms. The van der Waals surface area contributed by atoms with Crippen molar-refractivity contribution in [3.63, 3.8) is 0 Å². The second kappa shape index (κ2) is 8.49. The monoisotopic (exact) mass is 347 g/mol. The molecule has 24 heavy (non-hydrogen) atoms. The standard InChI is InChI=1S/C16H21N5O2S/c1-4-17-15(23)18-14(22)11(2)24-16-20-19-12(3)21(16)10-13-8-6-5-7-9-13/h5-9,11H,4,10H2,1-3H3,(H2,17,18,22,23). The molecule has 1 unspecified atom stereocenters. The molecule has 0 radical (unpaired) electrons. The van der Waals surface area contributed by atoms with Gasteiger partial charge in [-0.3, -0.25) is 10.1 Å². The number of hydrogen-bond donors (Lipinski definition) is 2. The lowest BCUT2D eigenvalue weighted by atomic mass is 10.2. The van der Waals surface area contributed by atoms with Crippen LogP contribution in [0, 0.1) is 6.92 Å². The molecule has 1 atom stereocenters. The summed E-state index contributed by atoms with van der Waals surface area (Å²) in [5.41, 5.74) is 1.13.